The largest absolute Gasteiger partial charge is 0.445 e. The third-order valence-electron chi connectivity index (χ3n) is 1.35. The van der Waals surface area contributed by atoms with Gasteiger partial charge in [0, 0.05) is 21.1 Å². The van der Waals surface area contributed by atoms with Crippen molar-refractivity contribution < 1.29 is 23.1 Å². The molecule has 0 aliphatic rings. The van der Waals surface area contributed by atoms with Gasteiger partial charge in [-0.3, -0.25) is 9.36 Å². The third kappa shape index (κ3) is 4.47. The van der Waals surface area contributed by atoms with E-state index in [0.717, 1.165) is 21.1 Å². The van der Waals surface area contributed by atoms with Gasteiger partial charge < -0.3 is 13.8 Å². The number of hydrogen-bond donors (Lipinski definition) is 0. The van der Waals surface area contributed by atoms with E-state index in [2.05, 4.69) is 13.8 Å². The van der Waals surface area contributed by atoms with Crippen molar-refractivity contribution in [3.8, 4) is 0 Å². The zero-order valence-electron chi connectivity index (χ0n) is 8.20. The third-order valence-corrected chi connectivity index (χ3v) is 4.49. The summed E-state index contributed by atoms with van der Waals surface area (Å²) in [7, 11) is -1.62. The van der Waals surface area contributed by atoms with Gasteiger partial charge in [-0.05, 0) is 0 Å². The van der Waals surface area contributed by atoms with Crippen LogP contribution in [-0.4, -0.2) is 29.8 Å². The molecule has 1 atom stereocenters. The molecular weight excluding hydrogens is 289 g/mol. The molecule has 0 aromatic carbocycles. The second-order valence-electron chi connectivity index (χ2n) is 2.41. The summed E-state index contributed by atoms with van der Waals surface area (Å²) in [5, 5.41) is 0. The molecule has 0 spiro atoms. The van der Waals surface area contributed by atoms with Crippen molar-refractivity contribution in [2.24, 2.45) is 0 Å². The van der Waals surface area contributed by atoms with Crippen molar-refractivity contribution in [3.63, 3.8) is 0 Å². The van der Waals surface area contributed by atoms with E-state index < -0.39 is 23.2 Å². The molecule has 0 fully saturated rings. The van der Waals surface area contributed by atoms with Crippen molar-refractivity contribution in [1.29, 1.82) is 0 Å². The van der Waals surface area contributed by atoms with Crippen LogP contribution < -0.4 is 0 Å². The zero-order valence-corrected chi connectivity index (χ0v) is 11.4. The summed E-state index contributed by atoms with van der Waals surface area (Å²) < 4.78 is 23.5. The van der Waals surface area contributed by atoms with Crippen molar-refractivity contribution in [3.05, 3.63) is 0 Å². The monoisotopic (exact) mass is 298 g/mol. The average molecular weight is 299 g/mol. The van der Waals surface area contributed by atoms with Crippen LogP contribution in [0.4, 0.5) is 0 Å². The molecule has 0 radical (unpaired) electrons. The predicted molar refractivity (Wildman–Crippen MR) is 57.5 cm³/mol. The SMILES string of the molecule is COP(=O)(OC)C(OC(C)=O)C(Cl)(Cl)Cl. The maximum Gasteiger partial charge on any atom is 0.374 e. The Bertz CT molecular complexity index is 268. The van der Waals surface area contributed by atoms with E-state index in [4.69, 9.17) is 34.8 Å². The summed E-state index contributed by atoms with van der Waals surface area (Å²) in [6.07, 6.45) is 0. The zero-order chi connectivity index (χ0) is 12.3. The second kappa shape index (κ2) is 5.71. The van der Waals surface area contributed by atoms with Crippen molar-refractivity contribution in [2.45, 2.75) is 16.6 Å². The molecule has 5 nitrogen and oxygen atoms in total. The Kier molecular flexibility index (Phi) is 5.90. The number of ether oxygens (including phenoxy) is 1. The molecule has 0 aromatic heterocycles. The molecule has 0 amide bonds. The minimum absolute atomic E-state index is 0.763. The molecular formula is C6H10Cl3O5P. The normalized spacial score (nSPS) is 14.8. The van der Waals surface area contributed by atoms with Crippen LogP contribution in [0, 0.1) is 0 Å². The van der Waals surface area contributed by atoms with Crippen LogP contribution in [0.2, 0.25) is 0 Å². The maximum absolute atomic E-state index is 11.9. The van der Waals surface area contributed by atoms with Crippen LogP contribution >= 0.6 is 42.4 Å². The first-order valence-electron chi connectivity index (χ1n) is 3.62. The van der Waals surface area contributed by atoms with E-state index in [1.807, 2.05) is 0 Å². The Morgan fingerprint density at radius 1 is 1.27 bits per heavy atom. The smallest absolute Gasteiger partial charge is 0.374 e. The van der Waals surface area contributed by atoms with Gasteiger partial charge in [0.1, 0.15) is 0 Å². The minimum Gasteiger partial charge on any atom is -0.445 e. The number of rotatable bonds is 4. The van der Waals surface area contributed by atoms with E-state index in [1.165, 1.54) is 0 Å². The highest BCUT2D eigenvalue weighted by atomic mass is 35.6. The molecule has 0 saturated carbocycles. The van der Waals surface area contributed by atoms with E-state index >= 15 is 0 Å². The Morgan fingerprint density at radius 2 is 1.67 bits per heavy atom. The molecule has 9 heteroatoms. The molecule has 0 bridgehead atoms. The lowest BCUT2D eigenvalue weighted by Crippen LogP contribution is -2.31. The summed E-state index contributed by atoms with van der Waals surface area (Å²) in [6.45, 7) is 1.08. The number of carbonyl (C=O) groups is 1. The molecule has 1 unspecified atom stereocenters. The summed E-state index contributed by atoms with van der Waals surface area (Å²) in [5.74, 6) is -2.37. The summed E-state index contributed by atoms with van der Waals surface area (Å²) in [5.41, 5.74) is 0. The molecule has 0 aliphatic carbocycles. The Labute approximate surface area is 102 Å². The van der Waals surface area contributed by atoms with E-state index in [0.29, 0.717) is 0 Å². The van der Waals surface area contributed by atoms with Gasteiger partial charge in [0.05, 0.1) is 0 Å². The standard InChI is InChI=1S/C6H10Cl3O5P/c1-4(10)14-5(6(7,8)9)15(11,12-2)13-3/h5H,1-3H3. The van der Waals surface area contributed by atoms with E-state index in [1.54, 1.807) is 0 Å². The lowest BCUT2D eigenvalue weighted by atomic mass is 10.7. The quantitative estimate of drug-likeness (QED) is 0.454. The van der Waals surface area contributed by atoms with Gasteiger partial charge in [0.2, 0.25) is 9.64 Å². The van der Waals surface area contributed by atoms with E-state index in [-0.39, 0.29) is 0 Å². The lowest BCUT2D eigenvalue weighted by molar-refractivity contribution is -0.143. The number of alkyl halides is 3. The highest BCUT2D eigenvalue weighted by molar-refractivity contribution is 7.55. The van der Waals surface area contributed by atoms with Crippen LogP contribution in [0.25, 0.3) is 0 Å². The topological polar surface area (TPSA) is 61.8 Å². The summed E-state index contributed by atoms with van der Waals surface area (Å²) in [6, 6.07) is 0. The average Bonchev–Trinajstić information content (AvgIpc) is 2.11. The van der Waals surface area contributed by atoms with Crippen molar-refractivity contribution in [1.82, 2.24) is 0 Å². The number of hydrogen-bond acceptors (Lipinski definition) is 5. The van der Waals surface area contributed by atoms with E-state index in [9.17, 15) is 9.36 Å². The highest BCUT2D eigenvalue weighted by Gasteiger charge is 2.50. The second-order valence-corrected chi connectivity index (χ2v) is 7.06. The predicted octanol–water partition coefficient (Wildman–Crippen LogP) is 2.73. The maximum atomic E-state index is 11.9. The van der Waals surface area contributed by atoms with Crippen LogP contribution in [-0.2, 0) is 23.1 Å². The highest BCUT2D eigenvalue weighted by Crippen LogP contribution is 2.59. The number of halogens is 3. The van der Waals surface area contributed by atoms with Gasteiger partial charge in [-0.2, -0.15) is 0 Å². The van der Waals surface area contributed by atoms with Crippen LogP contribution in [0.3, 0.4) is 0 Å². The summed E-state index contributed by atoms with van der Waals surface area (Å²) in [4.78, 5) is 10.7. The molecule has 0 aliphatic heterocycles. The fraction of sp³-hybridized carbons (Fsp3) is 0.833. The Hall–Kier alpha value is 0.490. The minimum atomic E-state index is -3.81. The van der Waals surface area contributed by atoms with Crippen molar-refractivity contribution in [2.75, 3.05) is 14.2 Å². The molecule has 90 valence electrons. The number of carbonyl (C=O) groups excluding carboxylic acids is 1. The van der Waals surface area contributed by atoms with Crippen LogP contribution in [0.5, 0.6) is 0 Å². The Balaban J connectivity index is 5.10. The van der Waals surface area contributed by atoms with Gasteiger partial charge in [0.15, 0.2) is 0 Å². The molecule has 0 rings (SSSR count). The molecule has 0 heterocycles. The first-order chi connectivity index (χ1) is 6.67. The lowest BCUT2D eigenvalue weighted by Gasteiger charge is -2.28. The first-order valence-corrected chi connectivity index (χ1v) is 6.37. The molecule has 0 saturated heterocycles. The first kappa shape index (κ1) is 15.5. The Morgan fingerprint density at radius 3 is 1.87 bits per heavy atom. The van der Waals surface area contributed by atoms with Gasteiger partial charge >= 0.3 is 13.6 Å². The van der Waals surface area contributed by atoms with Crippen molar-refractivity contribution >= 4 is 48.4 Å². The van der Waals surface area contributed by atoms with Crippen LogP contribution in [0.1, 0.15) is 6.92 Å². The molecule has 0 aromatic rings. The van der Waals surface area contributed by atoms with Gasteiger partial charge in [-0.1, -0.05) is 34.8 Å². The van der Waals surface area contributed by atoms with Gasteiger partial charge in [-0.25, -0.2) is 0 Å². The summed E-state index contributed by atoms with van der Waals surface area (Å²) >= 11 is 16.5. The van der Waals surface area contributed by atoms with Crippen LogP contribution in [0.15, 0.2) is 0 Å². The molecule has 15 heavy (non-hydrogen) atoms. The van der Waals surface area contributed by atoms with Gasteiger partial charge in [-0.15, -0.1) is 0 Å². The number of esters is 1. The molecule has 0 N–H and O–H groups in total. The fourth-order valence-electron chi connectivity index (χ4n) is 0.734. The van der Waals surface area contributed by atoms with Gasteiger partial charge in [0.25, 0.3) is 0 Å². The fourth-order valence-corrected chi connectivity index (χ4v) is 3.11.